The molecule has 0 nitrogen and oxygen atoms in total. The zero-order chi connectivity index (χ0) is 13.6. The number of rotatable bonds is 0. The first-order valence-corrected chi connectivity index (χ1v) is 5.87. The first-order chi connectivity index (χ1) is 8.41. The zero-order valence-electron chi connectivity index (χ0n) is 11.0. The van der Waals surface area contributed by atoms with Gasteiger partial charge in [-0.25, -0.2) is 8.78 Å². The Labute approximate surface area is 107 Å². The topological polar surface area (TPSA) is 0 Å². The molecule has 0 heterocycles. The van der Waals surface area contributed by atoms with E-state index in [2.05, 4.69) is 0 Å². The normalized spacial score (nSPS) is 10.5. The van der Waals surface area contributed by atoms with Crippen molar-refractivity contribution in [2.45, 2.75) is 26.2 Å². The molecular formula is C16H18F2. The molecule has 0 radical (unpaired) electrons. The van der Waals surface area contributed by atoms with Crippen molar-refractivity contribution in [3.05, 3.63) is 71.8 Å². The Balaban J connectivity index is 0.000000199. The predicted octanol–water partition coefficient (Wildman–Crippen LogP) is 4.95. The van der Waals surface area contributed by atoms with E-state index >= 15 is 0 Å². The molecule has 0 saturated carbocycles. The summed E-state index contributed by atoms with van der Waals surface area (Å²) in [5.41, 5.74) is 0.686. The van der Waals surface area contributed by atoms with Crippen molar-refractivity contribution in [2.75, 3.05) is 0 Å². The summed E-state index contributed by atoms with van der Waals surface area (Å²) in [6.45, 7) is 6.02. The van der Waals surface area contributed by atoms with Gasteiger partial charge in [0.2, 0.25) is 0 Å². The fourth-order valence-electron chi connectivity index (χ4n) is 1.48. The Morgan fingerprint density at radius 2 is 1.22 bits per heavy atom. The van der Waals surface area contributed by atoms with E-state index in [4.69, 9.17) is 0 Å². The fourth-order valence-corrected chi connectivity index (χ4v) is 1.48. The molecule has 2 heteroatoms. The van der Waals surface area contributed by atoms with E-state index in [0.29, 0.717) is 0 Å². The van der Waals surface area contributed by atoms with Crippen LogP contribution in [-0.2, 0) is 5.41 Å². The molecule has 18 heavy (non-hydrogen) atoms. The predicted molar refractivity (Wildman–Crippen MR) is 71.5 cm³/mol. The largest absolute Gasteiger partial charge is 0.207 e. The molecule has 2 rings (SSSR count). The Bertz CT molecular complexity index is 470. The molecular weight excluding hydrogens is 230 g/mol. The molecule has 0 aliphatic heterocycles. The first kappa shape index (κ1) is 14.4. The summed E-state index contributed by atoms with van der Waals surface area (Å²) < 4.78 is 25.0. The van der Waals surface area contributed by atoms with Crippen LogP contribution in [0.1, 0.15) is 26.3 Å². The third-order valence-corrected chi connectivity index (χ3v) is 2.41. The molecule has 0 fully saturated rings. The Morgan fingerprint density at radius 1 is 0.722 bits per heavy atom. The number of hydrogen-bond acceptors (Lipinski definition) is 0. The average Bonchev–Trinajstić information content (AvgIpc) is 2.30. The molecule has 0 amide bonds. The summed E-state index contributed by atoms with van der Waals surface area (Å²) in [4.78, 5) is 0. The van der Waals surface area contributed by atoms with Crippen LogP contribution in [0.15, 0.2) is 54.6 Å². The van der Waals surface area contributed by atoms with E-state index in [1.165, 1.54) is 18.2 Å². The number of benzene rings is 2. The second-order valence-corrected chi connectivity index (χ2v) is 5.03. The summed E-state index contributed by atoms with van der Waals surface area (Å²) in [6, 6.07) is 14.8. The lowest BCUT2D eigenvalue weighted by Gasteiger charge is -2.19. The van der Waals surface area contributed by atoms with Crippen LogP contribution in [0.2, 0.25) is 0 Å². The summed E-state index contributed by atoms with van der Waals surface area (Å²) >= 11 is 0. The molecule has 0 bridgehead atoms. The highest BCUT2D eigenvalue weighted by Gasteiger charge is 2.16. The average molecular weight is 248 g/mol. The quantitative estimate of drug-likeness (QED) is 0.619. The van der Waals surface area contributed by atoms with Gasteiger partial charge < -0.3 is 0 Å². The lowest BCUT2D eigenvalue weighted by molar-refractivity contribution is 0.523. The van der Waals surface area contributed by atoms with Crippen molar-refractivity contribution in [1.29, 1.82) is 0 Å². The zero-order valence-corrected chi connectivity index (χ0v) is 11.0. The van der Waals surface area contributed by atoms with Gasteiger partial charge in [0.1, 0.15) is 11.6 Å². The third kappa shape index (κ3) is 4.66. The van der Waals surface area contributed by atoms with Gasteiger partial charge >= 0.3 is 0 Å². The van der Waals surface area contributed by atoms with Gasteiger partial charge in [0.25, 0.3) is 0 Å². The van der Waals surface area contributed by atoms with Gasteiger partial charge in [-0.1, -0.05) is 57.2 Å². The smallest absolute Gasteiger partial charge is 0.126 e. The van der Waals surface area contributed by atoms with E-state index in [1.807, 2.05) is 32.9 Å². The van der Waals surface area contributed by atoms with Gasteiger partial charge in [-0.2, -0.15) is 0 Å². The van der Waals surface area contributed by atoms with Crippen LogP contribution in [0.4, 0.5) is 8.78 Å². The van der Waals surface area contributed by atoms with Gasteiger partial charge in [-0.3, -0.25) is 0 Å². The van der Waals surface area contributed by atoms with E-state index in [0.717, 1.165) is 5.56 Å². The van der Waals surface area contributed by atoms with Crippen LogP contribution in [0, 0.1) is 11.6 Å². The van der Waals surface area contributed by atoms with Crippen LogP contribution >= 0.6 is 0 Å². The van der Waals surface area contributed by atoms with E-state index in [-0.39, 0.29) is 17.0 Å². The van der Waals surface area contributed by atoms with Gasteiger partial charge in [0.15, 0.2) is 0 Å². The minimum Gasteiger partial charge on any atom is -0.207 e. The number of halogens is 2. The van der Waals surface area contributed by atoms with E-state index < -0.39 is 0 Å². The van der Waals surface area contributed by atoms with Gasteiger partial charge in [-0.05, 0) is 29.2 Å². The summed E-state index contributed by atoms with van der Waals surface area (Å²) in [5, 5.41) is 0. The second-order valence-electron chi connectivity index (χ2n) is 5.03. The van der Waals surface area contributed by atoms with Crippen LogP contribution in [0.5, 0.6) is 0 Å². The summed E-state index contributed by atoms with van der Waals surface area (Å²) in [5.74, 6) is -0.289. The first-order valence-electron chi connectivity index (χ1n) is 5.87. The van der Waals surface area contributed by atoms with Gasteiger partial charge in [0.05, 0.1) is 0 Å². The molecule has 96 valence electrons. The maximum Gasteiger partial charge on any atom is 0.126 e. The lowest BCUT2D eigenvalue weighted by atomic mass is 9.87. The molecule has 0 aliphatic rings. The molecule has 0 unspecified atom stereocenters. The van der Waals surface area contributed by atoms with E-state index in [1.54, 1.807) is 24.3 Å². The molecule has 0 atom stereocenters. The van der Waals surface area contributed by atoms with Crippen LogP contribution in [0.25, 0.3) is 0 Å². The standard InChI is InChI=1S/C10H13F.C6H5F/c1-10(2,3)8-6-4-5-7-9(8)11;7-6-4-2-1-3-5-6/h4-7H,1-3H3;1-5H. The van der Waals surface area contributed by atoms with Crippen molar-refractivity contribution in [2.24, 2.45) is 0 Å². The van der Waals surface area contributed by atoms with Crippen molar-refractivity contribution in [3.63, 3.8) is 0 Å². The van der Waals surface area contributed by atoms with Gasteiger partial charge in [-0.15, -0.1) is 0 Å². The fraction of sp³-hybridized carbons (Fsp3) is 0.250. The van der Waals surface area contributed by atoms with Crippen molar-refractivity contribution in [1.82, 2.24) is 0 Å². The molecule has 2 aromatic rings. The molecule has 0 aromatic heterocycles. The lowest BCUT2D eigenvalue weighted by Crippen LogP contribution is -2.12. The summed E-state index contributed by atoms with van der Waals surface area (Å²) in [6.07, 6.45) is 0. The highest BCUT2D eigenvalue weighted by atomic mass is 19.1. The Hall–Kier alpha value is -1.70. The molecule has 0 spiro atoms. The summed E-state index contributed by atoms with van der Waals surface area (Å²) in [7, 11) is 0. The maximum absolute atomic E-state index is 13.1. The SMILES string of the molecule is CC(C)(C)c1ccccc1F.Fc1ccccc1. The number of hydrogen-bond donors (Lipinski definition) is 0. The molecule has 0 aliphatic carbocycles. The van der Waals surface area contributed by atoms with Gasteiger partial charge in [0, 0.05) is 0 Å². The monoisotopic (exact) mass is 248 g/mol. The Morgan fingerprint density at radius 3 is 1.56 bits per heavy atom. The minimum absolute atomic E-state index is 0.0919. The molecule has 0 N–H and O–H groups in total. The van der Waals surface area contributed by atoms with Crippen molar-refractivity contribution >= 4 is 0 Å². The highest BCUT2D eigenvalue weighted by molar-refractivity contribution is 5.24. The van der Waals surface area contributed by atoms with Crippen molar-refractivity contribution < 1.29 is 8.78 Å². The maximum atomic E-state index is 13.1. The van der Waals surface area contributed by atoms with Crippen molar-refractivity contribution in [3.8, 4) is 0 Å². The second kappa shape index (κ2) is 6.29. The molecule has 2 aromatic carbocycles. The minimum atomic E-state index is -0.178. The van der Waals surface area contributed by atoms with Crippen LogP contribution in [-0.4, -0.2) is 0 Å². The highest BCUT2D eigenvalue weighted by Crippen LogP contribution is 2.23. The van der Waals surface area contributed by atoms with E-state index in [9.17, 15) is 8.78 Å². The molecule has 0 saturated heterocycles. The Kier molecular flexibility index (Phi) is 5.02. The third-order valence-electron chi connectivity index (χ3n) is 2.41. The van der Waals surface area contributed by atoms with Crippen LogP contribution in [0.3, 0.4) is 0 Å². The van der Waals surface area contributed by atoms with Crippen LogP contribution < -0.4 is 0 Å².